The molecule has 0 aromatic heterocycles. The normalized spacial score (nSPS) is 15.3. The van der Waals surface area contributed by atoms with Crippen molar-refractivity contribution in [3.63, 3.8) is 0 Å². The number of nitrogens with one attached hydrogen (secondary N) is 2. The van der Waals surface area contributed by atoms with Gasteiger partial charge < -0.3 is 10.6 Å². The number of carbonyl (C=O) groups is 1. The van der Waals surface area contributed by atoms with Crippen molar-refractivity contribution < 1.29 is 4.79 Å². The molecule has 0 aliphatic heterocycles. The van der Waals surface area contributed by atoms with Gasteiger partial charge in [-0.3, -0.25) is 4.79 Å². The number of hydrogen-bond donors (Lipinski definition) is 2. The van der Waals surface area contributed by atoms with Crippen molar-refractivity contribution >= 4 is 17.7 Å². The average Bonchev–Trinajstić information content (AvgIpc) is 3.05. The van der Waals surface area contributed by atoms with Crippen LogP contribution < -0.4 is 10.6 Å². The number of thioether (sulfide) groups is 1. The molecule has 4 heteroatoms. The highest BCUT2D eigenvalue weighted by atomic mass is 32.2. The molecule has 88 valence electrons. The van der Waals surface area contributed by atoms with E-state index in [0.717, 1.165) is 32.5 Å². The van der Waals surface area contributed by atoms with Crippen LogP contribution in [0.3, 0.4) is 0 Å². The van der Waals surface area contributed by atoms with Crippen LogP contribution >= 0.6 is 11.8 Å². The van der Waals surface area contributed by atoms with Crippen LogP contribution in [0.25, 0.3) is 0 Å². The summed E-state index contributed by atoms with van der Waals surface area (Å²) in [6, 6.07) is 0. The summed E-state index contributed by atoms with van der Waals surface area (Å²) in [5, 5.41) is 6.28. The predicted molar refractivity (Wildman–Crippen MR) is 66.2 cm³/mol. The fourth-order valence-corrected chi connectivity index (χ4v) is 1.88. The van der Waals surface area contributed by atoms with Gasteiger partial charge in [0.05, 0.1) is 0 Å². The van der Waals surface area contributed by atoms with Crippen LogP contribution in [0.1, 0.15) is 25.7 Å². The molecular formula is C11H22N2OS. The predicted octanol–water partition coefficient (Wildman–Crippen LogP) is 1.25. The Labute approximate surface area is 96.8 Å². The van der Waals surface area contributed by atoms with Gasteiger partial charge in [-0.25, -0.2) is 0 Å². The third kappa shape index (κ3) is 6.79. The summed E-state index contributed by atoms with van der Waals surface area (Å²) >= 11 is 1.90. The largest absolute Gasteiger partial charge is 0.355 e. The highest BCUT2D eigenvalue weighted by Crippen LogP contribution is 2.28. The van der Waals surface area contributed by atoms with Crippen LogP contribution in [0.15, 0.2) is 0 Å². The van der Waals surface area contributed by atoms with Gasteiger partial charge in [-0.15, -0.1) is 0 Å². The van der Waals surface area contributed by atoms with E-state index in [1.165, 1.54) is 18.6 Å². The standard InChI is InChI=1S/C11H22N2OS/c1-15-9-3-2-6-12-7-8-13-11(14)10-4-5-10/h10,12H,2-9H2,1H3,(H,13,14). The van der Waals surface area contributed by atoms with Gasteiger partial charge in [-0.2, -0.15) is 11.8 Å². The first-order chi connectivity index (χ1) is 7.34. The van der Waals surface area contributed by atoms with Crippen LogP contribution in [0, 0.1) is 5.92 Å². The Bertz CT molecular complexity index is 183. The Morgan fingerprint density at radius 3 is 2.73 bits per heavy atom. The van der Waals surface area contributed by atoms with Crippen molar-refractivity contribution in [2.75, 3.05) is 31.6 Å². The summed E-state index contributed by atoms with van der Waals surface area (Å²) < 4.78 is 0. The zero-order valence-electron chi connectivity index (χ0n) is 9.55. The molecule has 0 bridgehead atoms. The van der Waals surface area contributed by atoms with Gasteiger partial charge in [0.1, 0.15) is 0 Å². The molecule has 1 aliphatic rings. The van der Waals surface area contributed by atoms with Crippen molar-refractivity contribution in [2.45, 2.75) is 25.7 Å². The van der Waals surface area contributed by atoms with Gasteiger partial charge in [-0.1, -0.05) is 0 Å². The minimum Gasteiger partial charge on any atom is -0.355 e. The zero-order valence-corrected chi connectivity index (χ0v) is 10.4. The molecule has 0 spiro atoms. The highest BCUT2D eigenvalue weighted by molar-refractivity contribution is 7.98. The highest BCUT2D eigenvalue weighted by Gasteiger charge is 2.28. The number of carbonyl (C=O) groups excluding carboxylic acids is 1. The lowest BCUT2D eigenvalue weighted by atomic mass is 10.3. The van der Waals surface area contributed by atoms with E-state index in [2.05, 4.69) is 16.9 Å². The minimum absolute atomic E-state index is 0.249. The second-order valence-corrected chi connectivity index (χ2v) is 5.00. The molecule has 1 aliphatic carbocycles. The third-order valence-corrected chi connectivity index (χ3v) is 3.20. The number of rotatable bonds is 9. The lowest BCUT2D eigenvalue weighted by Crippen LogP contribution is -2.33. The maximum absolute atomic E-state index is 11.2. The van der Waals surface area contributed by atoms with Gasteiger partial charge in [0.25, 0.3) is 0 Å². The summed E-state index contributed by atoms with van der Waals surface area (Å²) in [6.07, 6.45) is 6.84. The minimum atomic E-state index is 0.249. The first kappa shape index (κ1) is 12.8. The molecule has 2 N–H and O–H groups in total. The zero-order chi connectivity index (χ0) is 10.9. The van der Waals surface area contributed by atoms with Gasteiger partial charge in [0.15, 0.2) is 0 Å². The van der Waals surface area contributed by atoms with E-state index in [9.17, 15) is 4.79 Å². The van der Waals surface area contributed by atoms with E-state index in [1.54, 1.807) is 0 Å². The SMILES string of the molecule is CSCCCCNCCNC(=O)C1CC1. The van der Waals surface area contributed by atoms with Crippen molar-refractivity contribution in [1.29, 1.82) is 0 Å². The molecule has 0 saturated heterocycles. The van der Waals surface area contributed by atoms with Gasteiger partial charge in [0, 0.05) is 19.0 Å². The third-order valence-electron chi connectivity index (χ3n) is 2.50. The molecule has 0 atom stereocenters. The van der Waals surface area contributed by atoms with Crippen molar-refractivity contribution in [3.8, 4) is 0 Å². The van der Waals surface area contributed by atoms with Crippen LogP contribution in [-0.4, -0.2) is 37.6 Å². The van der Waals surface area contributed by atoms with E-state index in [-0.39, 0.29) is 5.91 Å². The fraction of sp³-hybridized carbons (Fsp3) is 0.909. The topological polar surface area (TPSA) is 41.1 Å². The summed E-state index contributed by atoms with van der Waals surface area (Å²) in [5.74, 6) is 1.84. The summed E-state index contributed by atoms with van der Waals surface area (Å²) in [5.41, 5.74) is 0. The summed E-state index contributed by atoms with van der Waals surface area (Å²) in [4.78, 5) is 11.2. The molecule has 1 amide bonds. The fourth-order valence-electron chi connectivity index (χ4n) is 1.39. The maximum atomic E-state index is 11.2. The van der Waals surface area contributed by atoms with Crippen molar-refractivity contribution in [3.05, 3.63) is 0 Å². The molecule has 3 nitrogen and oxygen atoms in total. The number of hydrogen-bond acceptors (Lipinski definition) is 3. The molecule has 1 saturated carbocycles. The second kappa shape index (κ2) is 7.99. The quantitative estimate of drug-likeness (QED) is 0.586. The van der Waals surface area contributed by atoms with E-state index in [4.69, 9.17) is 0 Å². The Kier molecular flexibility index (Phi) is 6.85. The Morgan fingerprint density at radius 1 is 1.27 bits per heavy atom. The smallest absolute Gasteiger partial charge is 0.223 e. The molecular weight excluding hydrogens is 208 g/mol. The molecule has 15 heavy (non-hydrogen) atoms. The lowest BCUT2D eigenvalue weighted by Gasteiger charge is -2.05. The van der Waals surface area contributed by atoms with E-state index in [1.807, 2.05) is 11.8 Å². The number of unbranched alkanes of at least 4 members (excludes halogenated alkanes) is 1. The van der Waals surface area contributed by atoms with Gasteiger partial charge in [0.2, 0.25) is 5.91 Å². The van der Waals surface area contributed by atoms with E-state index >= 15 is 0 Å². The molecule has 0 radical (unpaired) electrons. The van der Waals surface area contributed by atoms with E-state index < -0.39 is 0 Å². The molecule has 0 aromatic carbocycles. The second-order valence-electron chi connectivity index (χ2n) is 4.02. The molecule has 1 rings (SSSR count). The van der Waals surface area contributed by atoms with Crippen LogP contribution in [-0.2, 0) is 4.79 Å². The Balaban J connectivity index is 1.74. The lowest BCUT2D eigenvalue weighted by molar-refractivity contribution is -0.122. The van der Waals surface area contributed by atoms with E-state index in [0.29, 0.717) is 5.92 Å². The van der Waals surface area contributed by atoms with Crippen molar-refractivity contribution in [1.82, 2.24) is 10.6 Å². The first-order valence-corrected chi connectivity index (χ1v) is 7.21. The first-order valence-electron chi connectivity index (χ1n) is 5.82. The Morgan fingerprint density at radius 2 is 2.07 bits per heavy atom. The molecule has 1 fully saturated rings. The maximum Gasteiger partial charge on any atom is 0.223 e. The molecule has 0 unspecified atom stereocenters. The summed E-state index contributed by atoms with van der Waals surface area (Å²) in [7, 11) is 0. The van der Waals surface area contributed by atoms with Gasteiger partial charge in [-0.05, 0) is 44.2 Å². The van der Waals surface area contributed by atoms with Crippen LogP contribution in [0.2, 0.25) is 0 Å². The summed E-state index contributed by atoms with van der Waals surface area (Å²) in [6.45, 7) is 2.75. The van der Waals surface area contributed by atoms with Crippen LogP contribution in [0.5, 0.6) is 0 Å². The van der Waals surface area contributed by atoms with Gasteiger partial charge >= 0.3 is 0 Å². The average molecular weight is 230 g/mol. The monoisotopic (exact) mass is 230 g/mol. The Hall–Kier alpha value is -0.220. The molecule has 0 aromatic rings. The molecule has 0 heterocycles. The van der Waals surface area contributed by atoms with Crippen LogP contribution in [0.4, 0.5) is 0 Å². The van der Waals surface area contributed by atoms with Crippen molar-refractivity contribution in [2.24, 2.45) is 5.92 Å². The number of amides is 1.